The maximum atomic E-state index is 12.9. The normalized spacial score (nSPS) is 9.83. The quantitative estimate of drug-likeness (QED) is 0.590. The highest BCUT2D eigenvalue weighted by Crippen LogP contribution is 2.11. The largest absolute Gasteiger partial charge is 0.303 e. The Morgan fingerprint density at radius 2 is 2.33 bits per heavy atom. The molecular formula is C8H7BrFNO. The molecule has 0 aliphatic rings. The van der Waals surface area contributed by atoms with E-state index in [1.54, 1.807) is 0 Å². The summed E-state index contributed by atoms with van der Waals surface area (Å²) in [5.74, 6) is -0.361. The van der Waals surface area contributed by atoms with Gasteiger partial charge in [-0.15, -0.1) is 0 Å². The molecule has 0 aliphatic carbocycles. The monoisotopic (exact) mass is 231 g/mol. The fourth-order valence-corrected chi connectivity index (χ4v) is 1.17. The fourth-order valence-electron chi connectivity index (χ4n) is 0.829. The molecule has 0 spiro atoms. The zero-order valence-corrected chi connectivity index (χ0v) is 7.84. The van der Waals surface area contributed by atoms with Crippen molar-refractivity contribution in [3.05, 3.63) is 28.2 Å². The molecule has 0 saturated heterocycles. The molecule has 0 N–H and O–H groups in total. The van der Waals surface area contributed by atoms with Gasteiger partial charge in [0.05, 0.1) is 5.69 Å². The maximum Gasteiger partial charge on any atom is 0.144 e. The number of pyridine rings is 1. The van der Waals surface area contributed by atoms with Crippen LogP contribution in [0.2, 0.25) is 0 Å². The second-order valence-electron chi connectivity index (χ2n) is 2.27. The average Bonchev–Trinajstić information content (AvgIpc) is 2.07. The number of rotatable bonds is 3. The lowest BCUT2D eigenvalue weighted by Crippen LogP contribution is -1.95. The van der Waals surface area contributed by atoms with E-state index in [0.717, 1.165) is 6.29 Å². The molecule has 0 aliphatic heterocycles. The summed E-state index contributed by atoms with van der Waals surface area (Å²) in [7, 11) is 0. The van der Waals surface area contributed by atoms with Crippen LogP contribution in [-0.2, 0) is 11.2 Å². The third-order valence-electron chi connectivity index (χ3n) is 1.38. The maximum absolute atomic E-state index is 12.9. The van der Waals surface area contributed by atoms with Crippen molar-refractivity contribution in [2.24, 2.45) is 0 Å². The average molecular weight is 232 g/mol. The van der Waals surface area contributed by atoms with E-state index in [9.17, 15) is 9.18 Å². The zero-order valence-electron chi connectivity index (χ0n) is 6.26. The molecule has 1 aromatic rings. The van der Waals surface area contributed by atoms with Gasteiger partial charge in [-0.1, -0.05) is 0 Å². The number of hydrogen-bond acceptors (Lipinski definition) is 2. The first-order valence-electron chi connectivity index (χ1n) is 3.48. The van der Waals surface area contributed by atoms with Crippen molar-refractivity contribution < 1.29 is 9.18 Å². The minimum Gasteiger partial charge on any atom is -0.303 e. The minimum absolute atomic E-state index is 0.306. The topological polar surface area (TPSA) is 30.0 Å². The van der Waals surface area contributed by atoms with Crippen LogP contribution < -0.4 is 0 Å². The Morgan fingerprint density at radius 1 is 1.58 bits per heavy atom. The van der Waals surface area contributed by atoms with Gasteiger partial charge in [0, 0.05) is 6.42 Å². The van der Waals surface area contributed by atoms with Crippen LogP contribution in [0.5, 0.6) is 0 Å². The molecule has 2 nitrogen and oxygen atoms in total. The Balaban J connectivity index is 2.82. The van der Waals surface area contributed by atoms with Crippen LogP contribution in [0.1, 0.15) is 12.1 Å². The Labute approximate surface area is 77.9 Å². The third kappa shape index (κ3) is 2.37. The highest BCUT2D eigenvalue weighted by molar-refractivity contribution is 9.10. The van der Waals surface area contributed by atoms with Gasteiger partial charge in [-0.3, -0.25) is 0 Å². The Morgan fingerprint density at radius 3 is 3.00 bits per heavy atom. The van der Waals surface area contributed by atoms with E-state index in [1.807, 2.05) is 0 Å². The molecule has 0 radical (unpaired) electrons. The smallest absolute Gasteiger partial charge is 0.144 e. The van der Waals surface area contributed by atoms with Gasteiger partial charge in [0.1, 0.15) is 16.7 Å². The minimum atomic E-state index is -0.361. The number of halogens is 2. The molecule has 1 rings (SSSR count). The molecule has 12 heavy (non-hydrogen) atoms. The molecule has 1 heterocycles. The summed E-state index contributed by atoms with van der Waals surface area (Å²) in [6, 6.07) is 2.86. The van der Waals surface area contributed by atoms with E-state index in [0.29, 0.717) is 23.1 Å². The lowest BCUT2D eigenvalue weighted by Gasteiger charge is -1.98. The fraction of sp³-hybridized carbons (Fsp3) is 0.250. The van der Waals surface area contributed by atoms with Crippen LogP contribution in [0, 0.1) is 5.82 Å². The summed E-state index contributed by atoms with van der Waals surface area (Å²) < 4.78 is 13.5. The van der Waals surface area contributed by atoms with Gasteiger partial charge in [0.15, 0.2) is 0 Å². The molecular weight excluding hydrogens is 225 g/mol. The molecule has 0 fully saturated rings. The van der Waals surface area contributed by atoms with Gasteiger partial charge in [0.25, 0.3) is 0 Å². The molecule has 64 valence electrons. The van der Waals surface area contributed by atoms with Gasteiger partial charge >= 0.3 is 0 Å². The summed E-state index contributed by atoms with van der Waals surface area (Å²) in [4.78, 5) is 13.9. The van der Waals surface area contributed by atoms with Crippen LogP contribution in [0.3, 0.4) is 0 Å². The summed E-state index contributed by atoms with van der Waals surface area (Å²) in [5.41, 5.74) is 0.330. The van der Waals surface area contributed by atoms with Gasteiger partial charge in [-0.05, 0) is 34.5 Å². The van der Waals surface area contributed by atoms with Crippen molar-refractivity contribution in [3.63, 3.8) is 0 Å². The first kappa shape index (κ1) is 9.32. The molecule has 0 unspecified atom stereocenters. The summed E-state index contributed by atoms with van der Waals surface area (Å²) in [5, 5.41) is 0. The van der Waals surface area contributed by atoms with Gasteiger partial charge in [-0.25, -0.2) is 9.37 Å². The van der Waals surface area contributed by atoms with Crippen molar-refractivity contribution >= 4 is 22.2 Å². The molecule has 0 atom stereocenters. The van der Waals surface area contributed by atoms with E-state index < -0.39 is 0 Å². The van der Waals surface area contributed by atoms with Crippen molar-refractivity contribution in [1.82, 2.24) is 4.98 Å². The highest BCUT2D eigenvalue weighted by Gasteiger charge is 2.03. The zero-order chi connectivity index (χ0) is 8.97. The lowest BCUT2D eigenvalue weighted by molar-refractivity contribution is -0.107. The Hall–Kier alpha value is -0.770. The number of hydrogen-bond donors (Lipinski definition) is 0. The van der Waals surface area contributed by atoms with Crippen LogP contribution in [-0.4, -0.2) is 11.3 Å². The van der Waals surface area contributed by atoms with Crippen LogP contribution >= 0.6 is 15.9 Å². The standard InChI is InChI=1S/C8H7BrFNO/c9-8-4-3-6(10)7(11-8)2-1-5-12/h3-5H,1-2H2. The molecule has 0 aromatic carbocycles. The Bertz CT molecular complexity index is 290. The first-order chi connectivity index (χ1) is 5.74. The summed E-state index contributed by atoms with van der Waals surface area (Å²) >= 11 is 3.12. The van der Waals surface area contributed by atoms with Gasteiger partial charge < -0.3 is 4.79 Å². The van der Waals surface area contributed by atoms with Crippen LogP contribution in [0.15, 0.2) is 16.7 Å². The summed E-state index contributed by atoms with van der Waals surface area (Å²) in [6.07, 6.45) is 1.41. The number of aromatic nitrogens is 1. The van der Waals surface area contributed by atoms with E-state index >= 15 is 0 Å². The highest BCUT2D eigenvalue weighted by atomic mass is 79.9. The summed E-state index contributed by atoms with van der Waals surface area (Å²) in [6.45, 7) is 0. The van der Waals surface area contributed by atoms with Crippen molar-refractivity contribution in [3.8, 4) is 0 Å². The molecule has 4 heteroatoms. The Kier molecular flexibility index (Phi) is 3.34. The van der Waals surface area contributed by atoms with Gasteiger partial charge in [0.2, 0.25) is 0 Å². The third-order valence-corrected chi connectivity index (χ3v) is 1.83. The number of carbonyl (C=O) groups excluding carboxylic acids is 1. The predicted molar refractivity (Wildman–Crippen MR) is 46.3 cm³/mol. The van der Waals surface area contributed by atoms with E-state index in [2.05, 4.69) is 20.9 Å². The molecule has 0 saturated carbocycles. The van der Waals surface area contributed by atoms with Crippen molar-refractivity contribution in [2.75, 3.05) is 0 Å². The first-order valence-corrected chi connectivity index (χ1v) is 4.28. The number of aldehydes is 1. The predicted octanol–water partition coefficient (Wildman–Crippen LogP) is 2.11. The van der Waals surface area contributed by atoms with Crippen LogP contribution in [0.4, 0.5) is 4.39 Å². The second kappa shape index (κ2) is 4.30. The number of carbonyl (C=O) groups is 1. The number of nitrogens with zero attached hydrogens (tertiary/aromatic N) is 1. The van der Waals surface area contributed by atoms with E-state index in [4.69, 9.17) is 0 Å². The van der Waals surface area contributed by atoms with Crippen molar-refractivity contribution in [2.45, 2.75) is 12.8 Å². The molecule has 0 bridgehead atoms. The van der Waals surface area contributed by atoms with Crippen molar-refractivity contribution in [1.29, 1.82) is 0 Å². The molecule has 1 aromatic heterocycles. The second-order valence-corrected chi connectivity index (χ2v) is 3.08. The number of aryl methyl sites for hydroxylation is 1. The van der Waals surface area contributed by atoms with Gasteiger partial charge in [-0.2, -0.15) is 0 Å². The lowest BCUT2D eigenvalue weighted by atomic mass is 10.2. The molecule has 0 amide bonds. The SMILES string of the molecule is O=CCCc1nc(Br)ccc1F. The van der Waals surface area contributed by atoms with E-state index in [-0.39, 0.29) is 5.82 Å². The van der Waals surface area contributed by atoms with E-state index in [1.165, 1.54) is 12.1 Å². The van der Waals surface area contributed by atoms with Crippen LogP contribution in [0.25, 0.3) is 0 Å².